The summed E-state index contributed by atoms with van der Waals surface area (Å²) < 4.78 is 2.01. The van der Waals surface area contributed by atoms with Gasteiger partial charge in [-0.3, -0.25) is 0 Å². The van der Waals surface area contributed by atoms with Crippen LogP contribution in [-0.4, -0.2) is 32.6 Å². The molecule has 0 radical (unpaired) electrons. The molecule has 4 atom stereocenters. The van der Waals surface area contributed by atoms with Crippen LogP contribution in [0.1, 0.15) is 33.6 Å². The average Bonchev–Trinajstić information content (AvgIpc) is 2.69. The highest BCUT2D eigenvalue weighted by atomic mass is 32.2. The molecule has 0 aromatic carbocycles. The second kappa shape index (κ2) is 6.06. The number of thioether (sulfide) groups is 1. The Morgan fingerprint density at radius 1 is 1.44 bits per heavy atom. The predicted octanol–water partition coefficient (Wildman–Crippen LogP) is 2.32. The lowest BCUT2D eigenvalue weighted by Crippen LogP contribution is -2.46. The minimum atomic E-state index is 0.593. The van der Waals surface area contributed by atoms with E-state index in [1.54, 1.807) is 6.33 Å². The fourth-order valence-electron chi connectivity index (χ4n) is 2.99. The molecule has 1 heterocycles. The molecule has 5 heteroatoms. The summed E-state index contributed by atoms with van der Waals surface area (Å²) in [7, 11) is 2.01. The summed E-state index contributed by atoms with van der Waals surface area (Å²) in [6.07, 6.45) is 4.37. The zero-order valence-electron chi connectivity index (χ0n) is 11.8. The molecular formula is C13H24N4S. The molecule has 0 aliphatic heterocycles. The third-order valence-corrected chi connectivity index (χ3v) is 5.41. The van der Waals surface area contributed by atoms with Crippen molar-refractivity contribution in [1.29, 1.82) is 0 Å². The van der Waals surface area contributed by atoms with Crippen LogP contribution < -0.4 is 5.32 Å². The van der Waals surface area contributed by atoms with Gasteiger partial charge in [0.15, 0.2) is 5.16 Å². The summed E-state index contributed by atoms with van der Waals surface area (Å²) in [5.41, 5.74) is 0. The molecule has 1 aromatic rings. The van der Waals surface area contributed by atoms with Gasteiger partial charge in [0.2, 0.25) is 0 Å². The number of nitrogens with zero attached hydrogens (tertiary/aromatic N) is 3. The third kappa shape index (κ3) is 3.06. The summed E-state index contributed by atoms with van der Waals surface area (Å²) in [5, 5.41) is 13.5. The second-order valence-electron chi connectivity index (χ2n) is 5.52. The molecule has 4 unspecified atom stereocenters. The van der Waals surface area contributed by atoms with Gasteiger partial charge in [0.25, 0.3) is 0 Å². The summed E-state index contributed by atoms with van der Waals surface area (Å²) in [6, 6.07) is 0.593. The maximum Gasteiger partial charge on any atom is 0.191 e. The molecule has 102 valence electrons. The smallest absolute Gasteiger partial charge is 0.191 e. The van der Waals surface area contributed by atoms with Crippen LogP contribution in [0.4, 0.5) is 0 Å². The highest BCUT2D eigenvalue weighted by Crippen LogP contribution is 2.38. The topological polar surface area (TPSA) is 42.7 Å². The fourth-order valence-corrected chi connectivity index (χ4v) is 4.26. The van der Waals surface area contributed by atoms with Crippen molar-refractivity contribution in [2.24, 2.45) is 18.9 Å². The Morgan fingerprint density at radius 2 is 2.22 bits per heavy atom. The summed E-state index contributed by atoms with van der Waals surface area (Å²) in [5.74, 6) is 1.54. The Hall–Kier alpha value is -0.550. The van der Waals surface area contributed by atoms with Crippen LogP contribution in [0.2, 0.25) is 0 Å². The van der Waals surface area contributed by atoms with Crippen molar-refractivity contribution in [2.45, 2.75) is 50.1 Å². The van der Waals surface area contributed by atoms with E-state index in [0.717, 1.165) is 23.5 Å². The number of nitrogens with one attached hydrogen (secondary N) is 1. The Balaban J connectivity index is 2.09. The molecule has 0 amide bonds. The van der Waals surface area contributed by atoms with E-state index in [1.165, 1.54) is 12.8 Å². The van der Waals surface area contributed by atoms with Gasteiger partial charge in [-0.2, -0.15) is 0 Å². The summed E-state index contributed by atoms with van der Waals surface area (Å²) in [4.78, 5) is 0. The molecule has 1 fully saturated rings. The van der Waals surface area contributed by atoms with Crippen LogP contribution in [0.25, 0.3) is 0 Å². The zero-order valence-corrected chi connectivity index (χ0v) is 12.6. The minimum Gasteiger partial charge on any atom is -0.313 e. The Bertz CT molecular complexity index is 379. The maximum absolute atomic E-state index is 4.21. The normalized spacial score (nSPS) is 32.7. The highest BCUT2D eigenvalue weighted by molar-refractivity contribution is 7.99. The van der Waals surface area contributed by atoms with Gasteiger partial charge in [-0.05, 0) is 31.2 Å². The van der Waals surface area contributed by atoms with Gasteiger partial charge in [-0.15, -0.1) is 10.2 Å². The SMILES string of the molecule is CCNC1CC(C)CC(C)C1Sc1nncn1C. The lowest BCUT2D eigenvalue weighted by molar-refractivity contribution is 0.251. The van der Waals surface area contributed by atoms with E-state index in [4.69, 9.17) is 0 Å². The number of aryl methyl sites for hydroxylation is 1. The predicted molar refractivity (Wildman–Crippen MR) is 75.7 cm³/mol. The number of rotatable bonds is 4. The molecule has 4 nitrogen and oxygen atoms in total. The van der Waals surface area contributed by atoms with E-state index in [9.17, 15) is 0 Å². The number of aromatic nitrogens is 3. The monoisotopic (exact) mass is 268 g/mol. The highest BCUT2D eigenvalue weighted by Gasteiger charge is 2.34. The van der Waals surface area contributed by atoms with Crippen molar-refractivity contribution >= 4 is 11.8 Å². The molecule has 1 N–H and O–H groups in total. The molecule has 2 rings (SSSR count). The van der Waals surface area contributed by atoms with Gasteiger partial charge in [0, 0.05) is 18.3 Å². The number of hydrogen-bond acceptors (Lipinski definition) is 4. The molecule has 0 spiro atoms. The van der Waals surface area contributed by atoms with Crippen molar-refractivity contribution in [3.8, 4) is 0 Å². The molecule has 1 aliphatic rings. The minimum absolute atomic E-state index is 0.593. The van der Waals surface area contributed by atoms with Crippen LogP contribution in [-0.2, 0) is 7.05 Å². The maximum atomic E-state index is 4.21. The standard InChI is InChI=1S/C13H24N4S/c1-5-14-11-7-9(2)6-10(3)12(11)18-13-16-15-8-17(13)4/h8-12,14H,5-7H2,1-4H3. The molecular weight excluding hydrogens is 244 g/mol. The molecule has 0 bridgehead atoms. The van der Waals surface area contributed by atoms with Crippen LogP contribution >= 0.6 is 11.8 Å². The molecule has 0 saturated heterocycles. The van der Waals surface area contributed by atoms with Crippen molar-refractivity contribution in [3.05, 3.63) is 6.33 Å². The number of hydrogen-bond donors (Lipinski definition) is 1. The largest absolute Gasteiger partial charge is 0.313 e. The first kappa shape index (κ1) is 13.9. The first-order valence-electron chi connectivity index (χ1n) is 6.85. The molecule has 1 aliphatic carbocycles. The van der Waals surface area contributed by atoms with Crippen LogP contribution in [0.15, 0.2) is 11.5 Å². The molecule has 1 aromatic heterocycles. The van der Waals surface area contributed by atoms with E-state index < -0.39 is 0 Å². The van der Waals surface area contributed by atoms with Crippen LogP contribution in [0.3, 0.4) is 0 Å². The van der Waals surface area contributed by atoms with Crippen molar-refractivity contribution < 1.29 is 0 Å². The lowest BCUT2D eigenvalue weighted by Gasteiger charge is -2.39. The van der Waals surface area contributed by atoms with Gasteiger partial charge < -0.3 is 9.88 Å². The fraction of sp³-hybridized carbons (Fsp3) is 0.846. The quantitative estimate of drug-likeness (QED) is 0.910. The third-order valence-electron chi connectivity index (χ3n) is 3.77. The van der Waals surface area contributed by atoms with Crippen molar-refractivity contribution in [3.63, 3.8) is 0 Å². The molecule has 1 saturated carbocycles. The Labute approximate surface area is 114 Å². The van der Waals surface area contributed by atoms with E-state index >= 15 is 0 Å². The second-order valence-corrected chi connectivity index (χ2v) is 6.67. The van der Waals surface area contributed by atoms with Gasteiger partial charge >= 0.3 is 0 Å². The lowest BCUT2D eigenvalue weighted by atomic mass is 9.80. The average molecular weight is 268 g/mol. The summed E-state index contributed by atoms with van der Waals surface area (Å²) in [6.45, 7) is 7.96. The van der Waals surface area contributed by atoms with Gasteiger partial charge in [-0.1, -0.05) is 32.5 Å². The van der Waals surface area contributed by atoms with E-state index in [2.05, 4.69) is 36.3 Å². The van der Waals surface area contributed by atoms with Crippen molar-refractivity contribution in [2.75, 3.05) is 6.54 Å². The Morgan fingerprint density at radius 3 is 2.83 bits per heavy atom. The van der Waals surface area contributed by atoms with Gasteiger partial charge in [0.1, 0.15) is 6.33 Å². The van der Waals surface area contributed by atoms with Crippen LogP contribution in [0, 0.1) is 11.8 Å². The van der Waals surface area contributed by atoms with Gasteiger partial charge in [-0.25, -0.2) is 0 Å². The van der Waals surface area contributed by atoms with Gasteiger partial charge in [0.05, 0.1) is 0 Å². The first-order valence-corrected chi connectivity index (χ1v) is 7.73. The van der Waals surface area contributed by atoms with E-state index in [0.29, 0.717) is 11.3 Å². The zero-order chi connectivity index (χ0) is 13.1. The Kier molecular flexibility index (Phi) is 4.67. The molecule has 18 heavy (non-hydrogen) atoms. The van der Waals surface area contributed by atoms with Crippen LogP contribution in [0.5, 0.6) is 0 Å². The van der Waals surface area contributed by atoms with E-state index in [1.807, 2.05) is 23.4 Å². The first-order chi connectivity index (χ1) is 8.61. The summed E-state index contributed by atoms with van der Waals surface area (Å²) >= 11 is 1.88. The van der Waals surface area contributed by atoms with E-state index in [-0.39, 0.29) is 0 Å². The van der Waals surface area contributed by atoms with Crippen molar-refractivity contribution in [1.82, 2.24) is 20.1 Å².